The highest BCUT2D eigenvalue weighted by Gasteiger charge is 2.25. The monoisotopic (exact) mass is 387 g/mol. The molecule has 0 aliphatic carbocycles. The third-order valence-corrected chi connectivity index (χ3v) is 4.95. The van der Waals surface area contributed by atoms with Crippen LogP contribution < -0.4 is 16.0 Å². The molecule has 0 aliphatic heterocycles. The molecule has 0 saturated heterocycles. The number of aromatic nitrogens is 2. The van der Waals surface area contributed by atoms with Crippen molar-refractivity contribution in [1.29, 1.82) is 0 Å². The van der Waals surface area contributed by atoms with Crippen LogP contribution in [-0.4, -0.2) is 28.9 Å². The summed E-state index contributed by atoms with van der Waals surface area (Å²) in [5.74, 6) is -1.63. The summed E-state index contributed by atoms with van der Waals surface area (Å²) in [6, 6.07) is 2.76. The van der Waals surface area contributed by atoms with E-state index in [1.807, 2.05) is 6.92 Å². The maximum Gasteiger partial charge on any atom is 0.342 e. The van der Waals surface area contributed by atoms with Crippen molar-refractivity contribution in [2.24, 2.45) is 0 Å². The molecule has 1 N–H and O–H groups in total. The summed E-state index contributed by atoms with van der Waals surface area (Å²) in [7, 11) is -4.67. The summed E-state index contributed by atoms with van der Waals surface area (Å²) in [5.41, 5.74) is -3.41. The molecule has 0 spiro atoms. The summed E-state index contributed by atoms with van der Waals surface area (Å²) >= 11 is 0. The van der Waals surface area contributed by atoms with Crippen LogP contribution in [0.5, 0.6) is 5.75 Å². The molecule has 1 heterocycles. The Hall–Kier alpha value is -3.02. The van der Waals surface area contributed by atoms with Gasteiger partial charge in [0.15, 0.2) is 5.75 Å². The molecule has 0 saturated carbocycles. The predicted molar refractivity (Wildman–Crippen MR) is 87.4 cm³/mol. The fourth-order valence-corrected chi connectivity index (χ4v) is 3.20. The van der Waals surface area contributed by atoms with Crippen LogP contribution in [0.3, 0.4) is 0 Å². The Balaban J connectivity index is 2.56. The number of unbranched alkanes of at least 4 members (excludes halogenated alkanes) is 1. The van der Waals surface area contributed by atoms with Gasteiger partial charge in [-0.05, 0) is 18.6 Å². The molecule has 12 heteroatoms. The van der Waals surface area contributed by atoms with E-state index in [1.54, 1.807) is 0 Å². The van der Waals surface area contributed by atoms with Gasteiger partial charge in [-0.1, -0.05) is 13.3 Å². The lowest BCUT2D eigenvalue weighted by atomic mass is 10.3. The number of ether oxygens (including phenoxy) is 1. The Kier molecular flexibility index (Phi) is 5.55. The van der Waals surface area contributed by atoms with E-state index in [2.05, 4.69) is 0 Å². The van der Waals surface area contributed by atoms with Crippen LogP contribution in [0.2, 0.25) is 0 Å². The fourth-order valence-electron chi connectivity index (χ4n) is 1.97. The Morgan fingerprint density at radius 1 is 1.35 bits per heavy atom. The number of nitrogens with zero attached hydrogens (tertiary/aromatic N) is 2. The van der Waals surface area contributed by atoms with Crippen LogP contribution in [0.25, 0.3) is 0 Å². The third kappa shape index (κ3) is 3.79. The number of nitrogens with one attached hydrogen (secondary N) is 1. The molecule has 1 aromatic heterocycles. The molecule has 26 heavy (non-hydrogen) atoms. The molecule has 0 fully saturated rings. The molecule has 0 unspecified atom stereocenters. The van der Waals surface area contributed by atoms with Crippen LogP contribution in [0.15, 0.2) is 38.9 Å². The van der Waals surface area contributed by atoms with Crippen molar-refractivity contribution >= 4 is 15.7 Å². The molecule has 0 atom stereocenters. The third-order valence-electron chi connectivity index (χ3n) is 3.31. The highest BCUT2D eigenvalue weighted by Crippen LogP contribution is 2.30. The van der Waals surface area contributed by atoms with Gasteiger partial charge in [0.05, 0.1) is 22.6 Å². The van der Waals surface area contributed by atoms with Crippen molar-refractivity contribution in [3.05, 3.63) is 61.2 Å². The zero-order valence-corrected chi connectivity index (χ0v) is 14.3. The summed E-state index contributed by atoms with van der Waals surface area (Å²) in [4.78, 5) is 33.9. The number of nitro benzene ring substituents is 1. The van der Waals surface area contributed by atoms with Crippen molar-refractivity contribution < 1.29 is 22.5 Å². The van der Waals surface area contributed by atoms with E-state index < -0.39 is 42.6 Å². The van der Waals surface area contributed by atoms with E-state index in [0.29, 0.717) is 12.5 Å². The van der Waals surface area contributed by atoms with Gasteiger partial charge in [0.25, 0.3) is 15.6 Å². The van der Waals surface area contributed by atoms with E-state index in [4.69, 9.17) is 4.74 Å². The average molecular weight is 387 g/mol. The van der Waals surface area contributed by atoms with E-state index in [1.165, 1.54) is 4.98 Å². The predicted octanol–water partition coefficient (Wildman–Crippen LogP) is 1.000. The van der Waals surface area contributed by atoms with Crippen LogP contribution >= 0.6 is 0 Å². The lowest BCUT2D eigenvalue weighted by Gasteiger charge is -2.09. The van der Waals surface area contributed by atoms with Crippen molar-refractivity contribution in [2.75, 3.05) is 6.61 Å². The Labute approximate surface area is 146 Å². The van der Waals surface area contributed by atoms with Gasteiger partial charge >= 0.3 is 11.4 Å². The molecule has 140 valence electrons. The smallest absolute Gasteiger partial charge is 0.342 e. The minimum absolute atomic E-state index is 0.0413. The van der Waals surface area contributed by atoms with Crippen LogP contribution in [0, 0.1) is 15.9 Å². The van der Waals surface area contributed by atoms with Gasteiger partial charge in [-0.2, -0.15) is 8.36 Å². The zero-order chi connectivity index (χ0) is 19.5. The number of H-pyrrole nitrogens is 1. The van der Waals surface area contributed by atoms with Crippen LogP contribution in [0.4, 0.5) is 10.1 Å². The second-order valence-corrected chi connectivity index (χ2v) is 6.94. The molecule has 0 radical (unpaired) electrons. The normalized spacial score (nSPS) is 11.3. The number of hydrogen-bond donors (Lipinski definition) is 1. The molecule has 0 bridgehead atoms. The second-order valence-electron chi connectivity index (χ2n) is 5.13. The van der Waals surface area contributed by atoms with E-state index >= 15 is 0 Å². The average Bonchev–Trinajstić information content (AvgIpc) is 2.58. The van der Waals surface area contributed by atoms with Crippen molar-refractivity contribution in [1.82, 2.24) is 8.96 Å². The van der Waals surface area contributed by atoms with Crippen molar-refractivity contribution in [3.8, 4) is 5.75 Å². The first-order valence-corrected chi connectivity index (χ1v) is 8.80. The number of nitro groups is 1. The first kappa shape index (κ1) is 19.3. The summed E-state index contributed by atoms with van der Waals surface area (Å²) in [6.45, 7) is 2.10. The van der Waals surface area contributed by atoms with Gasteiger partial charge < -0.3 is 4.74 Å². The molecule has 1 aromatic carbocycles. The van der Waals surface area contributed by atoms with Crippen LogP contribution in [-0.2, 0) is 10.0 Å². The van der Waals surface area contributed by atoms with E-state index in [-0.39, 0.29) is 22.5 Å². The van der Waals surface area contributed by atoms with Gasteiger partial charge in [-0.25, -0.2) is 13.2 Å². The van der Waals surface area contributed by atoms with Crippen molar-refractivity contribution in [3.63, 3.8) is 0 Å². The molecule has 0 amide bonds. The van der Waals surface area contributed by atoms with E-state index in [9.17, 15) is 32.5 Å². The Morgan fingerprint density at radius 2 is 2.04 bits per heavy atom. The van der Waals surface area contributed by atoms with Crippen molar-refractivity contribution in [2.45, 2.75) is 24.7 Å². The van der Waals surface area contributed by atoms with Gasteiger partial charge in [0, 0.05) is 6.07 Å². The molecule has 0 aliphatic rings. The minimum Gasteiger partial charge on any atom is -0.487 e. The maximum absolute atomic E-state index is 13.4. The highest BCUT2D eigenvalue weighted by atomic mass is 32.2. The number of halogens is 1. The molecular formula is C14H14FN3O7S. The van der Waals surface area contributed by atoms with Gasteiger partial charge in [0.2, 0.25) is 5.82 Å². The minimum atomic E-state index is -4.67. The second kappa shape index (κ2) is 7.47. The summed E-state index contributed by atoms with van der Waals surface area (Å²) < 4.78 is 43.5. The quantitative estimate of drug-likeness (QED) is 0.424. The SMILES string of the molecule is CCCCOc1ccc(S(=O)(=O)n2cc(F)c(=O)[nH]c2=O)cc1[N+](=O)[O-]. The molecule has 2 rings (SSSR count). The van der Waals surface area contributed by atoms with E-state index in [0.717, 1.165) is 18.6 Å². The number of rotatable bonds is 7. The standard InChI is InChI=1S/C14H14FN3O7S/c1-2-3-6-25-12-5-4-9(7-11(12)18(21)22)26(23,24)17-8-10(15)13(19)16-14(17)20/h4-5,7-8H,2-3,6H2,1H3,(H,16,19,20). The number of benzene rings is 1. The maximum atomic E-state index is 13.4. The van der Waals surface area contributed by atoms with Gasteiger partial charge in [0.1, 0.15) is 0 Å². The van der Waals surface area contributed by atoms with Gasteiger partial charge in [-0.15, -0.1) is 0 Å². The first-order valence-electron chi connectivity index (χ1n) is 7.36. The fraction of sp³-hybridized carbons (Fsp3) is 0.286. The molecule has 2 aromatic rings. The first-order chi connectivity index (χ1) is 12.2. The summed E-state index contributed by atoms with van der Waals surface area (Å²) in [5, 5.41) is 11.2. The Morgan fingerprint density at radius 3 is 2.65 bits per heavy atom. The van der Waals surface area contributed by atoms with Crippen LogP contribution in [0.1, 0.15) is 19.8 Å². The zero-order valence-electron chi connectivity index (χ0n) is 13.5. The highest BCUT2D eigenvalue weighted by molar-refractivity contribution is 7.90. The largest absolute Gasteiger partial charge is 0.487 e. The summed E-state index contributed by atoms with van der Waals surface area (Å²) in [6.07, 6.45) is 1.64. The number of aromatic amines is 1. The lowest BCUT2D eigenvalue weighted by Crippen LogP contribution is -2.35. The lowest BCUT2D eigenvalue weighted by molar-refractivity contribution is -0.386. The Bertz CT molecular complexity index is 1060. The topological polar surface area (TPSA) is 141 Å². The molecule has 10 nitrogen and oxygen atoms in total. The van der Waals surface area contributed by atoms with Gasteiger partial charge in [-0.3, -0.25) is 19.9 Å². The number of hydrogen-bond acceptors (Lipinski definition) is 7. The molecular weight excluding hydrogens is 373 g/mol.